The highest BCUT2D eigenvalue weighted by Crippen LogP contribution is 2.14. The van der Waals surface area contributed by atoms with Gasteiger partial charge in [0.25, 0.3) is 5.91 Å². The summed E-state index contributed by atoms with van der Waals surface area (Å²) >= 11 is 0. The van der Waals surface area contributed by atoms with Crippen LogP contribution in [0.1, 0.15) is 19.3 Å². The fourth-order valence-electron chi connectivity index (χ4n) is 2.19. The lowest BCUT2D eigenvalue weighted by Gasteiger charge is -2.15. The van der Waals surface area contributed by atoms with Crippen molar-refractivity contribution < 1.29 is 18.7 Å². The number of carbonyl (C=O) groups is 2. The summed E-state index contributed by atoms with van der Waals surface area (Å²) < 4.78 is 18.3. The highest BCUT2D eigenvalue weighted by molar-refractivity contribution is 5.80. The predicted molar refractivity (Wildman–Crippen MR) is 75.3 cm³/mol. The summed E-state index contributed by atoms with van der Waals surface area (Å²) in [7, 11) is 0. The second-order valence-electron chi connectivity index (χ2n) is 4.91. The van der Waals surface area contributed by atoms with Crippen LogP contribution >= 0.6 is 0 Å². The van der Waals surface area contributed by atoms with Gasteiger partial charge >= 0.3 is 0 Å². The van der Waals surface area contributed by atoms with E-state index in [4.69, 9.17) is 4.74 Å². The minimum atomic E-state index is -0.505. The smallest absolute Gasteiger partial charge is 0.257 e. The SMILES string of the molecule is O=C(COc1ccccc1F)NCCC(=O)N1CCCC1. The fraction of sp³-hybridized carbons (Fsp3) is 0.467. The van der Waals surface area contributed by atoms with Gasteiger partial charge in [0.15, 0.2) is 18.2 Å². The van der Waals surface area contributed by atoms with Gasteiger partial charge in [0, 0.05) is 26.1 Å². The van der Waals surface area contributed by atoms with Gasteiger partial charge in [-0.2, -0.15) is 0 Å². The van der Waals surface area contributed by atoms with Gasteiger partial charge in [-0.15, -0.1) is 0 Å². The van der Waals surface area contributed by atoms with Gasteiger partial charge in [0.2, 0.25) is 5.91 Å². The maximum Gasteiger partial charge on any atom is 0.257 e. The number of ether oxygens (including phenoxy) is 1. The molecule has 0 aliphatic carbocycles. The van der Waals surface area contributed by atoms with E-state index in [0.717, 1.165) is 25.9 Å². The molecule has 1 saturated heterocycles. The first-order valence-electron chi connectivity index (χ1n) is 7.08. The first-order valence-corrected chi connectivity index (χ1v) is 7.08. The van der Waals surface area contributed by atoms with Gasteiger partial charge in [-0.1, -0.05) is 12.1 Å². The van der Waals surface area contributed by atoms with Crippen LogP contribution in [-0.4, -0.2) is 43.0 Å². The van der Waals surface area contributed by atoms with E-state index < -0.39 is 5.82 Å². The number of rotatable bonds is 6. The number of hydrogen-bond donors (Lipinski definition) is 1. The van der Waals surface area contributed by atoms with Crippen molar-refractivity contribution in [2.45, 2.75) is 19.3 Å². The summed E-state index contributed by atoms with van der Waals surface area (Å²) in [5.74, 6) is -0.773. The molecule has 21 heavy (non-hydrogen) atoms. The van der Waals surface area contributed by atoms with Crippen molar-refractivity contribution in [1.29, 1.82) is 0 Å². The monoisotopic (exact) mass is 294 g/mol. The zero-order chi connectivity index (χ0) is 15.1. The van der Waals surface area contributed by atoms with E-state index in [9.17, 15) is 14.0 Å². The Kier molecular flexibility index (Phi) is 5.54. The third kappa shape index (κ3) is 4.73. The Labute approximate surface area is 123 Å². The van der Waals surface area contributed by atoms with Crippen molar-refractivity contribution in [3.05, 3.63) is 30.1 Å². The molecule has 1 aliphatic rings. The van der Waals surface area contributed by atoms with E-state index >= 15 is 0 Å². The van der Waals surface area contributed by atoms with E-state index in [-0.39, 0.29) is 37.1 Å². The zero-order valence-electron chi connectivity index (χ0n) is 11.8. The lowest BCUT2D eigenvalue weighted by Crippen LogP contribution is -2.34. The van der Waals surface area contributed by atoms with Crippen LogP contribution < -0.4 is 10.1 Å². The average molecular weight is 294 g/mol. The fourth-order valence-corrected chi connectivity index (χ4v) is 2.19. The molecule has 1 aromatic carbocycles. The summed E-state index contributed by atoms with van der Waals surface area (Å²) in [5.41, 5.74) is 0. The summed E-state index contributed by atoms with van der Waals surface area (Å²) in [5, 5.41) is 2.59. The molecular formula is C15H19FN2O3. The second kappa shape index (κ2) is 7.61. The van der Waals surface area contributed by atoms with Crippen LogP contribution in [0.25, 0.3) is 0 Å². The molecule has 0 radical (unpaired) electrons. The maximum absolute atomic E-state index is 13.3. The van der Waals surface area contributed by atoms with Gasteiger partial charge in [-0.3, -0.25) is 9.59 Å². The first-order chi connectivity index (χ1) is 10.2. The maximum atomic E-state index is 13.3. The van der Waals surface area contributed by atoms with E-state index in [1.807, 2.05) is 4.90 Å². The number of hydrogen-bond acceptors (Lipinski definition) is 3. The third-order valence-electron chi connectivity index (χ3n) is 3.32. The Hall–Kier alpha value is -2.11. The molecule has 1 aromatic rings. The molecular weight excluding hydrogens is 275 g/mol. The lowest BCUT2D eigenvalue weighted by molar-refractivity contribution is -0.130. The average Bonchev–Trinajstić information content (AvgIpc) is 3.00. The molecule has 1 N–H and O–H groups in total. The molecule has 1 heterocycles. The number of carbonyl (C=O) groups excluding carboxylic acids is 2. The molecule has 0 saturated carbocycles. The molecule has 2 amide bonds. The molecule has 1 fully saturated rings. The molecule has 2 rings (SSSR count). The third-order valence-corrected chi connectivity index (χ3v) is 3.32. The van der Waals surface area contributed by atoms with Crippen molar-refractivity contribution in [3.63, 3.8) is 0 Å². The normalized spacial score (nSPS) is 14.0. The molecule has 5 nitrogen and oxygen atoms in total. The van der Waals surface area contributed by atoms with Crippen molar-refractivity contribution in [2.75, 3.05) is 26.2 Å². The van der Waals surface area contributed by atoms with Crippen LogP contribution in [0.15, 0.2) is 24.3 Å². The Balaban J connectivity index is 1.63. The van der Waals surface area contributed by atoms with Crippen molar-refractivity contribution in [2.24, 2.45) is 0 Å². The zero-order valence-corrected chi connectivity index (χ0v) is 11.8. The Morgan fingerprint density at radius 3 is 2.67 bits per heavy atom. The number of nitrogens with one attached hydrogen (secondary N) is 1. The molecule has 0 aromatic heterocycles. The molecule has 0 atom stereocenters. The first kappa shape index (κ1) is 15.3. The summed E-state index contributed by atoms with van der Waals surface area (Å²) in [4.78, 5) is 25.1. The Morgan fingerprint density at radius 1 is 1.24 bits per heavy atom. The summed E-state index contributed by atoms with van der Waals surface area (Å²) in [6.45, 7) is 1.62. The lowest BCUT2D eigenvalue weighted by atomic mass is 10.3. The van der Waals surface area contributed by atoms with E-state index in [1.165, 1.54) is 12.1 Å². The Morgan fingerprint density at radius 2 is 1.95 bits per heavy atom. The van der Waals surface area contributed by atoms with Gasteiger partial charge in [-0.25, -0.2) is 4.39 Å². The van der Waals surface area contributed by atoms with Crippen LogP contribution in [0, 0.1) is 5.82 Å². The topological polar surface area (TPSA) is 58.6 Å². The predicted octanol–water partition coefficient (Wildman–Crippen LogP) is 1.33. The quantitative estimate of drug-likeness (QED) is 0.861. The number of para-hydroxylation sites is 1. The molecule has 0 unspecified atom stereocenters. The van der Waals surface area contributed by atoms with Crippen LogP contribution in [0.4, 0.5) is 4.39 Å². The minimum absolute atomic E-state index is 0.0424. The second-order valence-corrected chi connectivity index (χ2v) is 4.91. The summed E-state index contributed by atoms with van der Waals surface area (Å²) in [6.07, 6.45) is 2.38. The van der Waals surface area contributed by atoms with Gasteiger partial charge in [0.05, 0.1) is 0 Å². The van der Waals surface area contributed by atoms with Crippen molar-refractivity contribution in [1.82, 2.24) is 10.2 Å². The highest BCUT2D eigenvalue weighted by atomic mass is 19.1. The molecule has 0 spiro atoms. The molecule has 0 bridgehead atoms. The van der Waals surface area contributed by atoms with E-state index in [2.05, 4.69) is 5.32 Å². The summed E-state index contributed by atoms with van der Waals surface area (Å²) in [6, 6.07) is 5.90. The Bertz CT molecular complexity index is 501. The number of likely N-dealkylation sites (tertiary alicyclic amines) is 1. The van der Waals surface area contributed by atoms with Crippen molar-refractivity contribution >= 4 is 11.8 Å². The van der Waals surface area contributed by atoms with Crippen LogP contribution in [-0.2, 0) is 9.59 Å². The molecule has 1 aliphatic heterocycles. The van der Waals surface area contributed by atoms with E-state index in [0.29, 0.717) is 0 Å². The largest absolute Gasteiger partial charge is 0.481 e. The van der Waals surface area contributed by atoms with Crippen molar-refractivity contribution in [3.8, 4) is 5.75 Å². The van der Waals surface area contributed by atoms with Crippen LogP contribution in [0.3, 0.4) is 0 Å². The standard InChI is InChI=1S/C15H19FN2O3/c16-12-5-1-2-6-13(12)21-11-14(19)17-8-7-15(20)18-9-3-4-10-18/h1-2,5-6H,3-4,7-11H2,(H,17,19). The highest BCUT2D eigenvalue weighted by Gasteiger charge is 2.17. The number of halogens is 1. The number of nitrogens with zero attached hydrogens (tertiary/aromatic N) is 1. The minimum Gasteiger partial charge on any atom is -0.481 e. The van der Waals surface area contributed by atoms with Gasteiger partial charge in [-0.05, 0) is 25.0 Å². The van der Waals surface area contributed by atoms with Gasteiger partial charge < -0.3 is 15.0 Å². The van der Waals surface area contributed by atoms with Crippen LogP contribution in [0.2, 0.25) is 0 Å². The van der Waals surface area contributed by atoms with E-state index in [1.54, 1.807) is 12.1 Å². The molecule has 6 heteroatoms. The van der Waals surface area contributed by atoms with Crippen LogP contribution in [0.5, 0.6) is 5.75 Å². The number of benzene rings is 1. The van der Waals surface area contributed by atoms with Gasteiger partial charge in [0.1, 0.15) is 0 Å². The molecule has 114 valence electrons. The number of amides is 2.